The predicted molar refractivity (Wildman–Crippen MR) is 129 cm³/mol. The highest BCUT2D eigenvalue weighted by Gasteiger charge is 2.40. The summed E-state index contributed by atoms with van der Waals surface area (Å²) in [5.41, 5.74) is 3.75. The van der Waals surface area contributed by atoms with Gasteiger partial charge in [-0.15, -0.1) is 0 Å². The number of imide groups is 1. The molecule has 0 bridgehead atoms. The summed E-state index contributed by atoms with van der Waals surface area (Å²) in [6.45, 7) is 3.36. The lowest BCUT2D eigenvalue weighted by Gasteiger charge is -2.21. The minimum absolute atomic E-state index is 0.252. The van der Waals surface area contributed by atoms with E-state index in [1.165, 1.54) is 4.90 Å². The zero-order valence-corrected chi connectivity index (χ0v) is 19.0. The van der Waals surface area contributed by atoms with Crippen LogP contribution in [0.4, 0.5) is 0 Å². The fourth-order valence-corrected chi connectivity index (χ4v) is 4.09. The lowest BCUT2D eigenvalue weighted by atomic mass is 10.0. The van der Waals surface area contributed by atoms with Crippen LogP contribution in [0, 0.1) is 0 Å². The molecule has 168 valence electrons. The highest BCUT2D eigenvalue weighted by Crippen LogP contribution is 2.32. The number of amides is 2. The van der Waals surface area contributed by atoms with Gasteiger partial charge >= 0.3 is 0 Å². The molecule has 1 aliphatic rings. The van der Waals surface area contributed by atoms with E-state index in [-0.39, 0.29) is 11.8 Å². The molecular weight excluding hydrogens is 412 g/mol. The zero-order chi connectivity index (χ0) is 23.2. The van der Waals surface area contributed by atoms with E-state index < -0.39 is 0 Å². The molecule has 2 amide bonds. The number of carbonyl (C=O) groups excluding carboxylic acids is 2. The van der Waals surface area contributed by atoms with Gasteiger partial charge in [-0.25, -0.2) is 0 Å². The first-order valence-electron chi connectivity index (χ1n) is 11.2. The molecule has 0 unspecified atom stereocenters. The maximum atomic E-state index is 13.5. The van der Waals surface area contributed by atoms with Crippen LogP contribution in [-0.2, 0) is 22.6 Å². The van der Waals surface area contributed by atoms with Crippen molar-refractivity contribution in [2.45, 2.75) is 19.9 Å². The van der Waals surface area contributed by atoms with E-state index in [0.717, 1.165) is 16.9 Å². The molecular formula is C28H28N2O3. The summed E-state index contributed by atoms with van der Waals surface area (Å²) in [6, 6.07) is 27.2. The molecule has 3 aromatic carbocycles. The van der Waals surface area contributed by atoms with Crippen molar-refractivity contribution in [2.75, 3.05) is 20.2 Å². The van der Waals surface area contributed by atoms with Gasteiger partial charge in [0.1, 0.15) is 11.4 Å². The molecule has 0 saturated carbocycles. The monoisotopic (exact) mass is 440 g/mol. The highest BCUT2D eigenvalue weighted by atomic mass is 16.5. The van der Waals surface area contributed by atoms with E-state index in [2.05, 4.69) is 0 Å². The third-order valence-electron chi connectivity index (χ3n) is 5.71. The van der Waals surface area contributed by atoms with Crippen LogP contribution in [0.2, 0.25) is 0 Å². The van der Waals surface area contributed by atoms with Gasteiger partial charge in [0.05, 0.1) is 12.2 Å². The molecule has 0 aliphatic carbocycles. The average Bonchev–Trinajstić information content (AvgIpc) is 3.09. The number of likely N-dealkylation sites (N-methyl/N-ethyl adjacent to an activating group) is 1. The van der Waals surface area contributed by atoms with Crippen LogP contribution in [0.5, 0.6) is 5.75 Å². The van der Waals surface area contributed by atoms with Crippen molar-refractivity contribution >= 4 is 17.4 Å². The Morgan fingerprint density at radius 1 is 0.788 bits per heavy atom. The number of nitrogens with zero attached hydrogens (tertiary/aromatic N) is 2. The van der Waals surface area contributed by atoms with Crippen molar-refractivity contribution in [1.29, 1.82) is 0 Å². The first kappa shape index (κ1) is 22.3. The Bertz CT molecular complexity index is 1140. The van der Waals surface area contributed by atoms with E-state index in [1.54, 1.807) is 0 Å². The summed E-state index contributed by atoms with van der Waals surface area (Å²) in [5.74, 6) is 0.229. The van der Waals surface area contributed by atoms with Gasteiger partial charge < -0.3 is 9.64 Å². The van der Waals surface area contributed by atoms with E-state index in [1.807, 2.05) is 104 Å². The fourth-order valence-electron chi connectivity index (χ4n) is 4.09. The summed E-state index contributed by atoms with van der Waals surface area (Å²) in [6.07, 6.45) is 0.616. The normalized spacial score (nSPS) is 13.6. The van der Waals surface area contributed by atoms with Crippen LogP contribution in [0.15, 0.2) is 90.6 Å². The van der Waals surface area contributed by atoms with Crippen molar-refractivity contribution < 1.29 is 14.3 Å². The van der Waals surface area contributed by atoms with Crippen molar-refractivity contribution in [3.63, 3.8) is 0 Å². The maximum Gasteiger partial charge on any atom is 0.277 e. The topological polar surface area (TPSA) is 49.9 Å². The van der Waals surface area contributed by atoms with E-state index in [4.69, 9.17) is 4.74 Å². The molecule has 33 heavy (non-hydrogen) atoms. The molecule has 4 rings (SSSR count). The first-order chi connectivity index (χ1) is 16.1. The summed E-state index contributed by atoms with van der Waals surface area (Å²) >= 11 is 0. The summed E-state index contributed by atoms with van der Waals surface area (Å²) in [5, 5.41) is 0. The third-order valence-corrected chi connectivity index (χ3v) is 5.71. The lowest BCUT2D eigenvalue weighted by Crippen LogP contribution is -2.35. The Morgan fingerprint density at radius 2 is 1.39 bits per heavy atom. The highest BCUT2D eigenvalue weighted by molar-refractivity contribution is 6.35. The van der Waals surface area contributed by atoms with Crippen LogP contribution in [0.1, 0.15) is 23.6 Å². The third kappa shape index (κ3) is 4.98. The molecule has 0 spiro atoms. The number of hydrogen-bond donors (Lipinski definition) is 0. The van der Waals surface area contributed by atoms with E-state index >= 15 is 0 Å². The fraction of sp³-hybridized carbons (Fsp3) is 0.214. The van der Waals surface area contributed by atoms with Gasteiger partial charge in [-0.05, 0) is 42.2 Å². The molecule has 0 fully saturated rings. The van der Waals surface area contributed by atoms with Gasteiger partial charge in [0.15, 0.2) is 0 Å². The molecule has 0 saturated heterocycles. The molecule has 1 aliphatic heterocycles. The average molecular weight is 441 g/mol. The molecule has 3 aromatic rings. The largest absolute Gasteiger partial charge is 0.494 e. The second-order valence-corrected chi connectivity index (χ2v) is 8.02. The first-order valence-corrected chi connectivity index (χ1v) is 11.2. The molecule has 5 heteroatoms. The van der Waals surface area contributed by atoms with Gasteiger partial charge in [-0.1, -0.05) is 72.8 Å². The van der Waals surface area contributed by atoms with Gasteiger partial charge in [0, 0.05) is 20.1 Å². The van der Waals surface area contributed by atoms with Gasteiger partial charge in [-0.3, -0.25) is 14.5 Å². The van der Waals surface area contributed by atoms with Crippen LogP contribution in [0.25, 0.3) is 5.57 Å². The lowest BCUT2D eigenvalue weighted by molar-refractivity contribution is -0.137. The van der Waals surface area contributed by atoms with Crippen LogP contribution >= 0.6 is 0 Å². The Morgan fingerprint density at radius 3 is 2.00 bits per heavy atom. The van der Waals surface area contributed by atoms with Crippen molar-refractivity contribution in [2.24, 2.45) is 0 Å². The molecule has 0 radical (unpaired) electrons. The van der Waals surface area contributed by atoms with Gasteiger partial charge in [0.2, 0.25) is 0 Å². The standard InChI is InChI=1S/C28H28N2O3/c1-3-33-24-16-14-23(15-17-24)25-26(29(2)20-22-12-8-5-9-13-22)28(32)30(27(25)31)19-18-21-10-6-4-7-11-21/h4-17H,3,18-20H2,1-2H3. The smallest absolute Gasteiger partial charge is 0.277 e. The minimum Gasteiger partial charge on any atom is -0.494 e. The second kappa shape index (κ2) is 10.2. The number of ether oxygens (including phenoxy) is 1. The molecule has 0 aromatic heterocycles. The van der Waals surface area contributed by atoms with Crippen LogP contribution < -0.4 is 4.74 Å². The second-order valence-electron chi connectivity index (χ2n) is 8.02. The Balaban J connectivity index is 1.65. The van der Waals surface area contributed by atoms with Crippen molar-refractivity contribution in [3.8, 4) is 5.75 Å². The Kier molecular flexibility index (Phi) is 6.89. The predicted octanol–water partition coefficient (Wildman–Crippen LogP) is 4.54. The number of benzene rings is 3. The van der Waals surface area contributed by atoms with Gasteiger partial charge in [0.25, 0.3) is 11.8 Å². The number of rotatable bonds is 9. The SMILES string of the molecule is CCOc1ccc(C2=C(N(C)Cc3ccccc3)C(=O)N(CCc3ccccc3)C2=O)cc1. The minimum atomic E-state index is -0.255. The summed E-state index contributed by atoms with van der Waals surface area (Å²) < 4.78 is 5.54. The van der Waals surface area contributed by atoms with Gasteiger partial charge in [-0.2, -0.15) is 0 Å². The molecule has 5 nitrogen and oxygen atoms in total. The molecule has 1 heterocycles. The Hall–Kier alpha value is -3.86. The molecule has 0 atom stereocenters. The van der Waals surface area contributed by atoms with Crippen LogP contribution in [-0.4, -0.2) is 41.8 Å². The molecule has 0 N–H and O–H groups in total. The maximum absolute atomic E-state index is 13.5. The zero-order valence-electron chi connectivity index (χ0n) is 19.0. The number of carbonyl (C=O) groups is 2. The van der Waals surface area contributed by atoms with Crippen molar-refractivity contribution in [3.05, 3.63) is 107 Å². The Labute approximate surface area is 194 Å². The quantitative estimate of drug-likeness (QED) is 0.459. The van der Waals surface area contributed by atoms with E-state index in [9.17, 15) is 9.59 Å². The number of hydrogen-bond acceptors (Lipinski definition) is 4. The summed E-state index contributed by atoms with van der Waals surface area (Å²) in [7, 11) is 1.86. The van der Waals surface area contributed by atoms with Crippen LogP contribution in [0.3, 0.4) is 0 Å². The van der Waals surface area contributed by atoms with Crippen molar-refractivity contribution in [1.82, 2.24) is 9.80 Å². The summed E-state index contributed by atoms with van der Waals surface area (Å²) in [4.78, 5) is 30.3. The van der Waals surface area contributed by atoms with E-state index in [0.29, 0.717) is 43.0 Å².